The summed E-state index contributed by atoms with van der Waals surface area (Å²) < 4.78 is 38.2. The molecule has 0 radical (unpaired) electrons. The number of carboxylic acid groups (broad SMARTS) is 1. The number of carbonyl (C=O) groups is 3. The number of halogens is 2. The largest absolute Gasteiger partial charge is 0.483 e. The summed E-state index contributed by atoms with van der Waals surface area (Å²) in [5.74, 6) is -3.40. The van der Waals surface area contributed by atoms with E-state index in [0.717, 1.165) is 17.1 Å². The van der Waals surface area contributed by atoms with Gasteiger partial charge in [-0.25, -0.2) is 13.6 Å². The molecule has 2 amide bonds. The first-order valence-electron chi connectivity index (χ1n) is 11.0. The molecule has 10 nitrogen and oxygen atoms in total. The number of hydrogen-bond donors (Lipinski definition) is 2. The van der Waals surface area contributed by atoms with Crippen LogP contribution >= 0.6 is 34.9 Å². The molecule has 2 aromatic heterocycles. The molecule has 0 aliphatic carbocycles. The first kappa shape index (κ1) is 26.2. The molecule has 2 N–H and O–H groups in total. The number of amides is 2. The van der Waals surface area contributed by atoms with Crippen molar-refractivity contribution in [3.8, 4) is 5.75 Å². The Morgan fingerprint density at radius 3 is 2.82 bits per heavy atom. The maximum atomic E-state index is 13.7. The number of carbonyl (C=O) groups excluding carboxylic acids is 2. The fraction of sp³-hybridized carbons (Fsp3) is 0.261. The van der Waals surface area contributed by atoms with E-state index in [9.17, 15) is 28.3 Å². The number of aliphatic carboxylic acids is 1. The van der Waals surface area contributed by atoms with Gasteiger partial charge in [0.05, 0.1) is 0 Å². The Hall–Kier alpha value is -3.43. The minimum Gasteiger partial charge on any atom is -0.483 e. The maximum Gasteiger partial charge on any atom is 0.352 e. The van der Waals surface area contributed by atoms with Crippen molar-refractivity contribution in [1.29, 1.82) is 0 Å². The molecule has 0 unspecified atom stereocenters. The molecule has 0 saturated carbocycles. The molecule has 15 heteroatoms. The monoisotopic (exact) mass is 580 g/mol. The van der Waals surface area contributed by atoms with Gasteiger partial charge >= 0.3 is 5.97 Å². The lowest BCUT2D eigenvalue weighted by Gasteiger charge is -2.49. The number of carboxylic acids is 1. The van der Waals surface area contributed by atoms with Crippen molar-refractivity contribution in [2.45, 2.75) is 29.3 Å². The number of thioether (sulfide) groups is 2. The van der Waals surface area contributed by atoms with Crippen molar-refractivity contribution >= 4 is 52.6 Å². The van der Waals surface area contributed by atoms with Gasteiger partial charge in [0.1, 0.15) is 40.3 Å². The van der Waals surface area contributed by atoms with E-state index < -0.39 is 40.8 Å². The molecule has 3 aromatic rings. The Bertz CT molecular complexity index is 1460. The van der Waals surface area contributed by atoms with Crippen LogP contribution in [0.2, 0.25) is 0 Å². The molecule has 2 aliphatic heterocycles. The van der Waals surface area contributed by atoms with Gasteiger partial charge in [0.2, 0.25) is 0 Å². The third kappa shape index (κ3) is 5.26. The van der Waals surface area contributed by atoms with E-state index in [-0.39, 0.29) is 29.6 Å². The summed E-state index contributed by atoms with van der Waals surface area (Å²) >= 11 is 4.11. The summed E-state index contributed by atoms with van der Waals surface area (Å²) in [6, 6.07) is 4.77. The Morgan fingerprint density at radius 2 is 2.11 bits per heavy atom. The van der Waals surface area contributed by atoms with Gasteiger partial charge in [-0.2, -0.15) is 0 Å². The standard InChI is InChI=1S/C23H18F2N4O6S3/c1-10-27-28-23(38-10)37-9-11-8-36-21-17(20(31)29(21)18(11)22(32)33)26-19(30)16-5-3-13(35-16)7-34-15-4-2-12(24)6-14(15)25/h2-6,17,21H,7-9H2,1H3,(H,26,30)(H,32,33)/t17-,21+/m0/s1. The molecule has 2 atom stereocenters. The average molecular weight is 581 g/mol. The predicted molar refractivity (Wildman–Crippen MR) is 134 cm³/mol. The molecule has 4 heterocycles. The Balaban J connectivity index is 1.20. The number of nitrogens with one attached hydrogen (secondary N) is 1. The number of aryl methyl sites for hydroxylation is 1. The van der Waals surface area contributed by atoms with Gasteiger partial charge in [0.15, 0.2) is 21.7 Å². The number of hydrogen-bond acceptors (Lipinski definition) is 10. The van der Waals surface area contributed by atoms with Crippen molar-refractivity contribution in [1.82, 2.24) is 20.4 Å². The summed E-state index contributed by atoms with van der Waals surface area (Å²) in [4.78, 5) is 38.8. The highest BCUT2D eigenvalue weighted by Gasteiger charge is 2.54. The molecule has 1 aromatic carbocycles. The van der Waals surface area contributed by atoms with E-state index in [1.807, 2.05) is 6.92 Å². The number of β-lactam (4-membered cyclic amide) rings is 1. The zero-order valence-corrected chi connectivity index (χ0v) is 21.9. The number of aromatic nitrogens is 2. The first-order valence-corrected chi connectivity index (χ1v) is 13.9. The predicted octanol–water partition coefficient (Wildman–Crippen LogP) is 3.44. The smallest absolute Gasteiger partial charge is 0.352 e. The van der Waals surface area contributed by atoms with Crippen molar-refractivity contribution in [2.24, 2.45) is 0 Å². The van der Waals surface area contributed by atoms with Gasteiger partial charge in [-0.1, -0.05) is 23.1 Å². The molecule has 38 heavy (non-hydrogen) atoms. The van der Waals surface area contributed by atoms with Crippen molar-refractivity contribution in [2.75, 3.05) is 11.5 Å². The lowest BCUT2D eigenvalue weighted by atomic mass is 10.0. The second-order valence-corrected chi connectivity index (χ2v) is 11.6. The summed E-state index contributed by atoms with van der Waals surface area (Å²) in [5.41, 5.74) is 0.506. The summed E-state index contributed by atoms with van der Waals surface area (Å²) in [6.45, 7) is 1.61. The molecule has 0 bridgehead atoms. The summed E-state index contributed by atoms with van der Waals surface area (Å²) in [6.07, 6.45) is 0. The van der Waals surface area contributed by atoms with E-state index in [1.54, 1.807) is 0 Å². The van der Waals surface area contributed by atoms with E-state index in [4.69, 9.17) is 9.15 Å². The fourth-order valence-electron chi connectivity index (χ4n) is 3.81. The fourth-order valence-corrected chi connectivity index (χ4v) is 7.11. The van der Waals surface area contributed by atoms with Gasteiger partial charge in [0.25, 0.3) is 11.8 Å². The van der Waals surface area contributed by atoms with Gasteiger partial charge in [-0.15, -0.1) is 22.0 Å². The van der Waals surface area contributed by atoms with Crippen molar-refractivity contribution in [3.63, 3.8) is 0 Å². The minimum atomic E-state index is -1.22. The topological polar surface area (TPSA) is 135 Å². The third-order valence-corrected chi connectivity index (χ3v) is 8.96. The van der Waals surface area contributed by atoms with Crippen LogP contribution in [0.5, 0.6) is 5.75 Å². The van der Waals surface area contributed by atoms with Crippen LogP contribution in [-0.2, 0) is 16.2 Å². The highest BCUT2D eigenvalue weighted by atomic mass is 32.2. The Morgan fingerprint density at radius 1 is 1.29 bits per heavy atom. The van der Waals surface area contributed by atoms with E-state index in [2.05, 4.69) is 15.5 Å². The SMILES string of the molecule is Cc1nnc(SCC2=C(C(=O)O)N3C(=O)[C@H](NC(=O)c4ccc(COc5ccc(F)cc5F)o4)[C@H]3SC2)s1. The van der Waals surface area contributed by atoms with Crippen LogP contribution in [0.25, 0.3) is 0 Å². The Kier molecular flexibility index (Phi) is 7.40. The molecule has 198 valence electrons. The average Bonchev–Trinajstić information content (AvgIpc) is 3.53. The van der Waals surface area contributed by atoms with Crippen molar-refractivity contribution < 1.29 is 37.4 Å². The van der Waals surface area contributed by atoms with Crippen LogP contribution in [0.1, 0.15) is 21.3 Å². The van der Waals surface area contributed by atoms with Crippen LogP contribution in [0.15, 0.2) is 50.4 Å². The lowest BCUT2D eigenvalue weighted by molar-refractivity contribution is -0.148. The number of rotatable bonds is 9. The van der Waals surface area contributed by atoms with Crippen LogP contribution in [0.3, 0.4) is 0 Å². The molecule has 1 saturated heterocycles. The minimum absolute atomic E-state index is 0.0801. The highest BCUT2D eigenvalue weighted by molar-refractivity contribution is 8.01. The van der Waals surface area contributed by atoms with Gasteiger partial charge in [0, 0.05) is 17.6 Å². The lowest BCUT2D eigenvalue weighted by Crippen LogP contribution is -2.70. The van der Waals surface area contributed by atoms with Gasteiger partial charge in [-0.3, -0.25) is 14.5 Å². The van der Waals surface area contributed by atoms with Crippen LogP contribution in [0, 0.1) is 18.6 Å². The highest BCUT2D eigenvalue weighted by Crippen LogP contribution is 2.42. The normalized spacial score (nSPS) is 18.7. The van der Waals surface area contributed by atoms with Crippen molar-refractivity contribution in [3.05, 3.63) is 69.8 Å². The molecule has 0 spiro atoms. The summed E-state index contributed by atoms with van der Waals surface area (Å²) in [7, 11) is 0. The zero-order valence-electron chi connectivity index (χ0n) is 19.5. The molecule has 1 fully saturated rings. The quantitative estimate of drug-likeness (QED) is 0.286. The number of fused-ring (bicyclic) bond motifs is 1. The number of furan rings is 1. The number of benzene rings is 1. The number of nitrogens with zero attached hydrogens (tertiary/aromatic N) is 3. The van der Waals surface area contributed by atoms with E-state index >= 15 is 0 Å². The van der Waals surface area contributed by atoms with Crippen LogP contribution in [0.4, 0.5) is 8.78 Å². The zero-order chi connectivity index (χ0) is 27.0. The second kappa shape index (κ2) is 10.7. The third-order valence-electron chi connectivity index (χ3n) is 5.56. The molecular weight excluding hydrogens is 562 g/mol. The molecular formula is C23H18F2N4O6S3. The van der Waals surface area contributed by atoms with Gasteiger partial charge < -0.3 is 19.6 Å². The van der Waals surface area contributed by atoms with E-state index in [1.165, 1.54) is 51.9 Å². The van der Waals surface area contributed by atoms with Crippen LogP contribution < -0.4 is 10.1 Å². The van der Waals surface area contributed by atoms with Gasteiger partial charge in [-0.05, 0) is 36.8 Å². The Labute approximate surface area is 226 Å². The molecule has 2 aliphatic rings. The number of ether oxygens (including phenoxy) is 1. The second-order valence-electron chi connectivity index (χ2n) is 8.12. The molecule has 5 rings (SSSR count). The van der Waals surface area contributed by atoms with E-state index in [0.29, 0.717) is 27.5 Å². The first-order chi connectivity index (χ1) is 18.2. The summed E-state index contributed by atoms with van der Waals surface area (Å²) in [5, 5.41) is 20.6. The maximum absolute atomic E-state index is 13.7. The van der Waals surface area contributed by atoms with Crippen LogP contribution in [-0.4, -0.2) is 60.9 Å².